The third kappa shape index (κ3) is 5.21. The lowest BCUT2D eigenvalue weighted by atomic mass is 9.87. The van der Waals surface area contributed by atoms with Crippen molar-refractivity contribution >= 4 is 25.8 Å². The Kier molecular flexibility index (Phi) is 6.26. The van der Waals surface area contributed by atoms with Gasteiger partial charge in [0.15, 0.2) is 9.84 Å². The molecule has 20 heavy (non-hydrogen) atoms. The van der Waals surface area contributed by atoms with E-state index in [1.54, 1.807) is 12.1 Å². The summed E-state index contributed by atoms with van der Waals surface area (Å²) in [5.74, 6) is 0.661. The fraction of sp³-hybridized carbons (Fsp3) is 0.625. The van der Waals surface area contributed by atoms with Gasteiger partial charge in [0.25, 0.3) is 0 Å². The number of hydrogen-bond acceptors (Lipinski definition) is 2. The summed E-state index contributed by atoms with van der Waals surface area (Å²) in [5.41, 5.74) is 1.20. The highest BCUT2D eigenvalue weighted by Crippen LogP contribution is 2.24. The van der Waals surface area contributed by atoms with Crippen molar-refractivity contribution in [3.63, 3.8) is 0 Å². The molecule has 0 radical (unpaired) electrons. The summed E-state index contributed by atoms with van der Waals surface area (Å²) in [6.45, 7) is 8.47. The molecule has 1 unspecified atom stereocenters. The Hall–Kier alpha value is -0.350. The van der Waals surface area contributed by atoms with E-state index < -0.39 is 9.84 Å². The summed E-state index contributed by atoms with van der Waals surface area (Å²) < 4.78 is 24.6. The van der Waals surface area contributed by atoms with Crippen molar-refractivity contribution < 1.29 is 8.42 Å². The Morgan fingerprint density at radius 3 is 2.10 bits per heavy atom. The van der Waals surface area contributed by atoms with Crippen molar-refractivity contribution in [1.29, 1.82) is 0 Å². The molecule has 4 heteroatoms. The van der Waals surface area contributed by atoms with Crippen molar-refractivity contribution in [2.24, 2.45) is 5.92 Å². The van der Waals surface area contributed by atoms with Crippen LogP contribution >= 0.6 is 15.9 Å². The van der Waals surface area contributed by atoms with Gasteiger partial charge in [-0.3, -0.25) is 0 Å². The lowest BCUT2D eigenvalue weighted by Crippen LogP contribution is -2.13. The van der Waals surface area contributed by atoms with Gasteiger partial charge in [0, 0.05) is 5.33 Å². The molecule has 0 spiro atoms. The van der Waals surface area contributed by atoms with Crippen LogP contribution in [0, 0.1) is 5.92 Å². The molecule has 1 aromatic rings. The Bertz CT molecular complexity index is 512. The SMILES string of the molecule is CC(CCBr)CCS(=O)(=O)c1ccc(C(C)(C)C)cc1. The second-order valence-electron chi connectivity index (χ2n) is 6.46. The minimum atomic E-state index is -3.15. The molecule has 0 saturated carbocycles. The minimum absolute atomic E-state index is 0.0483. The highest BCUT2D eigenvalue weighted by molar-refractivity contribution is 9.09. The molecule has 0 bridgehead atoms. The smallest absolute Gasteiger partial charge is 0.178 e. The summed E-state index contributed by atoms with van der Waals surface area (Å²) in [6, 6.07) is 7.33. The number of benzene rings is 1. The molecule has 0 aliphatic carbocycles. The summed E-state index contributed by atoms with van der Waals surface area (Å²) in [7, 11) is -3.15. The van der Waals surface area contributed by atoms with Gasteiger partial charge in [-0.2, -0.15) is 0 Å². The zero-order chi connectivity index (χ0) is 15.4. The minimum Gasteiger partial charge on any atom is -0.224 e. The molecule has 0 amide bonds. The van der Waals surface area contributed by atoms with Gasteiger partial charge in [0.1, 0.15) is 0 Å². The number of halogens is 1. The molecule has 0 N–H and O–H groups in total. The second-order valence-corrected chi connectivity index (χ2v) is 9.37. The van der Waals surface area contributed by atoms with Gasteiger partial charge in [-0.05, 0) is 41.9 Å². The van der Waals surface area contributed by atoms with Crippen molar-refractivity contribution in [2.45, 2.75) is 50.8 Å². The van der Waals surface area contributed by atoms with Gasteiger partial charge >= 0.3 is 0 Å². The average Bonchev–Trinajstić information content (AvgIpc) is 2.36. The zero-order valence-corrected chi connectivity index (χ0v) is 15.2. The highest BCUT2D eigenvalue weighted by atomic mass is 79.9. The van der Waals surface area contributed by atoms with E-state index in [2.05, 4.69) is 43.6 Å². The van der Waals surface area contributed by atoms with Gasteiger partial charge in [0.2, 0.25) is 0 Å². The van der Waals surface area contributed by atoms with Crippen LogP contribution in [0.2, 0.25) is 0 Å². The molecule has 1 atom stereocenters. The van der Waals surface area contributed by atoms with E-state index >= 15 is 0 Å². The molecule has 0 aliphatic heterocycles. The van der Waals surface area contributed by atoms with Crippen LogP contribution in [0.25, 0.3) is 0 Å². The van der Waals surface area contributed by atoms with Crippen LogP contribution in [0.5, 0.6) is 0 Å². The molecular weight excluding hydrogens is 336 g/mol. The van der Waals surface area contributed by atoms with Crippen LogP contribution in [0.1, 0.15) is 46.1 Å². The highest BCUT2D eigenvalue weighted by Gasteiger charge is 2.18. The van der Waals surface area contributed by atoms with E-state index in [0.29, 0.717) is 10.8 Å². The molecule has 0 saturated heterocycles. The largest absolute Gasteiger partial charge is 0.224 e. The van der Waals surface area contributed by atoms with Gasteiger partial charge in [-0.15, -0.1) is 0 Å². The fourth-order valence-electron chi connectivity index (χ4n) is 1.97. The first-order valence-electron chi connectivity index (χ1n) is 7.06. The predicted molar refractivity (Wildman–Crippen MR) is 89.4 cm³/mol. The number of rotatable bonds is 6. The lowest BCUT2D eigenvalue weighted by Gasteiger charge is -2.19. The van der Waals surface area contributed by atoms with Crippen LogP contribution in [0.15, 0.2) is 29.2 Å². The molecule has 0 aromatic heterocycles. The molecular formula is C16H25BrO2S. The summed E-state index contributed by atoms with van der Waals surface area (Å²) >= 11 is 3.39. The van der Waals surface area contributed by atoms with Crippen LogP contribution in [0.4, 0.5) is 0 Å². The monoisotopic (exact) mass is 360 g/mol. The van der Waals surface area contributed by atoms with E-state index in [1.165, 1.54) is 0 Å². The summed E-state index contributed by atoms with van der Waals surface area (Å²) in [6.07, 6.45) is 1.73. The Morgan fingerprint density at radius 2 is 1.65 bits per heavy atom. The van der Waals surface area contributed by atoms with Crippen molar-refractivity contribution in [2.75, 3.05) is 11.1 Å². The van der Waals surface area contributed by atoms with Crippen LogP contribution in [-0.2, 0) is 15.3 Å². The molecule has 0 heterocycles. The van der Waals surface area contributed by atoms with E-state index in [0.717, 1.165) is 23.7 Å². The van der Waals surface area contributed by atoms with Crippen LogP contribution in [0.3, 0.4) is 0 Å². The van der Waals surface area contributed by atoms with Gasteiger partial charge < -0.3 is 0 Å². The van der Waals surface area contributed by atoms with E-state index in [9.17, 15) is 8.42 Å². The summed E-state index contributed by atoms with van der Waals surface area (Å²) in [4.78, 5) is 0.441. The molecule has 1 rings (SSSR count). The zero-order valence-electron chi connectivity index (χ0n) is 12.8. The maximum Gasteiger partial charge on any atom is 0.178 e. The Balaban J connectivity index is 2.78. The third-order valence-electron chi connectivity index (χ3n) is 3.56. The maximum absolute atomic E-state index is 12.3. The standard InChI is InChI=1S/C16H25BrO2S/c1-13(9-11-17)10-12-20(18,19)15-7-5-14(6-8-15)16(2,3)4/h5-8,13H,9-12H2,1-4H3. The molecule has 0 fully saturated rings. The number of alkyl halides is 1. The first kappa shape index (κ1) is 17.7. The first-order valence-corrected chi connectivity index (χ1v) is 9.83. The normalized spacial score (nSPS) is 14.2. The van der Waals surface area contributed by atoms with Gasteiger partial charge in [-0.1, -0.05) is 55.8 Å². The van der Waals surface area contributed by atoms with Crippen molar-refractivity contribution in [1.82, 2.24) is 0 Å². The predicted octanol–water partition coefficient (Wildman–Crippen LogP) is 4.57. The lowest BCUT2D eigenvalue weighted by molar-refractivity contribution is 0.536. The molecule has 1 aromatic carbocycles. The number of sulfone groups is 1. The van der Waals surface area contributed by atoms with Crippen molar-refractivity contribution in [3.05, 3.63) is 29.8 Å². The van der Waals surface area contributed by atoms with Crippen molar-refractivity contribution in [3.8, 4) is 0 Å². The van der Waals surface area contributed by atoms with E-state index in [-0.39, 0.29) is 11.2 Å². The Labute approximate surface area is 132 Å². The maximum atomic E-state index is 12.3. The van der Waals surface area contributed by atoms with E-state index in [4.69, 9.17) is 0 Å². The fourth-order valence-corrected chi connectivity index (χ4v) is 4.25. The molecule has 114 valence electrons. The topological polar surface area (TPSA) is 34.1 Å². The van der Waals surface area contributed by atoms with E-state index in [1.807, 2.05) is 12.1 Å². The number of hydrogen-bond donors (Lipinski definition) is 0. The quantitative estimate of drug-likeness (QED) is 0.696. The third-order valence-corrected chi connectivity index (χ3v) is 5.78. The average molecular weight is 361 g/mol. The molecule has 0 aliphatic rings. The molecule has 2 nitrogen and oxygen atoms in total. The Morgan fingerprint density at radius 1 is 1.10 bits per heavy atom. The van der Waals surface area contributed by atoms with Gasteiger partial charge in [-0.25, -0.2) is 8.42 Å². The second kappa shape index (κ2) is 7.08. The van der Waals surface area contributed by atoms with Crippen LogP contribution < -0.4 is 0 Å². The van der Waals surface area contributed by atoms with Gasteiger partial charge in [0.05, 0.1) is 10.6 Å². The first-order chi connectivity index (χ1) is 9.16. The summed E-state index contributed by atoms with van der Waals surface area (Å²) in [5, 5.41) is 0.925. The van der Waals surface area contributed by atoms with Crippen LogP contribution in [-0.4, -0.2) is 19.5 Å².